The summed E-state index contributed by atoms with van der Waals surface area (Å²) >= 11 is 0. The van der Waals surface area contributed by atoms with Gasteiger partial charge in [-0.2, -0.15) is 0 Å². The maximum Gasteiger partial charge on any atom is 0.259 e. The Hall–Kier alpha value is -2.73. The lowest BCUT2D eigenvalue weighted by atomic mass is 10.1. The number of hydrogen-bond donors (Lipinski definition) is 2. The van der Waals surface area contributed by atoms with Crippen LogP contribution < -0.4 is 10.9 Å². The second-order valence-corrected chi connectivity index (χ2v) is 6.24. The summed E-state index contributed by atoms with van der Waals surface area (Å²) in [6.45, 7) is 4.55. The van der Waals surface area contributed by atoms with Crippen LogP contribution in [-0.4, -0.2) is 34.7 Å². The molecule has 0 fully saturated rings. The van der Waals surface area contributed by atoms with Crippen LogP contribution in [0.15, 0.2) is 41.5 Å². The fraction of sp³-hybridized carbons (Fsp3) is 0.316. The van der Waals surface area contributed by atoms with E-state index in [2.05, 4.69) is 20.3 Å². The van der Waals surface area contributed by atoms with E-state index in [9.17, 15) is 4.79 Å². The number of anilines is 1. The molecular formula is C19H22N4O2. The summed E-state index contributed by atoms with van der Waals surface area (Å²) in [5, 5.41) is 4.70. The number of aromatic amines is 1. The Morgan fingerprint density at radius 1 is 1.28 bits per heavy atom. The Morgan fingerprint density at radius 2 is 2.12 bits per heavy atom. The van der Waals surface area contributed by atoms with Crippen LogP contribution in [-0.2, 0) is 11.2 Å². The standard InChI is InChI=1S/C19H22N4O2/c1-12-4-6-20-15(8-12)10-16-9-14-5-7-21-19(24)17(14)18(23-16)22-13(2)11-25-3/h4-9,13H,10-11H2,1-3H3,(H,21,24)(H,22,23)/t13-/m0/s1. The molecule has 0 saturated carbocycles. The molecule has 0 radical (unpaired) electrons. The van der Waals surface area contributed by atoms with Gasteiger partial charge in [0.25, 0.3) is 5.56 Å². The monoisotopic (exact) mass is 338 g/mol. The van der Waals surface area contributed by atoms with Crippen molar-refractivity contribution in [1.29, 1.82) is 0 Å². The lowest BCUT2D eigenvalue weighted by Gasteiger charge is -2.16. The van der Waals surface area contributed by atoms with Gasteiger partial charge in [0.2, 0.25) is 0 Å². The first-order valence-electron chi connectivity index (χ1n) is 8.25. The van der Waals surface area contributed by atoms with Crippen LogP contribution >= 0.6 is 0 Å². The second kappa shape index (κ2) is 7.44. The normalized spacial score (nSPS) is 12.3. The number of rotatable bonds is 6. The molecule has 3 heterocycles. The van der Waals surface area contributed by atoms with E-state index in [0.717, 1.165) is 22.3 Å². The van der Waals surface area contributed by atoms with E-state index in [1.807, 2.05) is 38.1 Å². The Labute approximate surface area is 146 Å². The number of aryl methyl sites for hydroxylation is 1. The van der Waals surface area contributed by atoms with Crippen molar-refractivity contribution in [1.82, 2.24) is 15.0 Å². The first kappa shape index (κ1) is 17.1. The molecule has 0 bridgehead atoms. The van der Waals surface area contributed by atoms with Crippen LogP contribution in [0, 0.1) is 6.92 Å². The number of aromatic nitrogens is 3. The van der Waals surface area contributed by atoms with E-state index in [1.165, 1.54) is 0 Å². The van der Waals surface area contributed by atoms with Crippen molar-refractivity contribution >= 4 is 16.6 Å². The highest BCUT2D eigenvalue weighted by Crippen LogP contribution is 2.21. The predicted octanol–water partition coefficient (Wildman–Crippen LogP) is 2.66. The van der Waals surface area contributed by atoms with Crippen LogP contribution in [0.25, 0.3) is 10.8 Å². The smallest absolute Gasteiger partial charge is 0.259 e. The summed E-state index contributed by atoms with van der Waals surface area (Å²) in [4.78, 5) is 24.1. The lowest BCUT2D eigenvalue weighted by Crippen LogP contribution is -2.23. The average molecular weight is 338 g/mol. The Balaban J connectivity index is 2.03. The highest BCUT2D eigenvalue weighted by Gasteiger charge is 2.12. The molecule has 2 N–H and O–H groups in total. The molecule has 1 atom stereocenters. The molecule has 3 aromatic rings. The highest BCUT2D eigenvalue weighted by atomic mass is 16.5. The van der Waals surface area contributed by atoms with Gasteiger partial charge >= 0.3 is 0 Å². The number of nitrogens with zero attached hydrogens (tertiary/aromatic N) is 2. The molecule has 130 valence electrons. The molecule has 3 rings (SSSR count). The highest BCUT2D eigenvalue weighted by molar-refractivity contribution is 5.91. The minimum Gasteiger partial charge on any atom is -0.383 e. The van der Waals surface area contributed by atoms with E-state index >= 15 is 0 Å². The van der Waals surface area contributed by atoms with Crippen molar-refractivity contribution in [3.05, 3.63) is 64.0 Å². The summed E-state index contributed by atoms with van der Waals surface area (Å²) in [5.41, 5.74) is 2.82. The van der Waals surface area contributed by atoms with Crippen molar-refractivity contribution in [3.63, 3.8) is 0 Å². The molecule has 0 saturated heterocycles. The zero-order chi connectivity index (χ0) is 17.8. The van der Waals surface area contributed by atoms with Crippen molar-refractivity contribution < 1.29 is 4.74 Å². The van der Waals surface area contributed by atoms with Crippen LogP contribution in [0.2, 0.25) is 0 Å². The molecule has 3 aromatic heterocycles. The van der Waals surface area contributed by atoms with Gasteiger partial charge in [-0.15, -0.1) is 0 Å². The summed E-state index contributed by atoms with van der Waals surface area (Å²) in [6, 6.07) is 7.88. The second-order valence-electron chi connectivity index (χ2n) is 6.24. The van der Waals surface area contributed by atoms with E-state index in [0.29, 0.717) is 24.2 Å². The summed E-state index contributed by atoms with van der Waals surface area (Å²) < 4.78 is 5.17. The van der Waals surface area contributed by atoms with Gasteiger partial charge in [-0.1, -0.05) is 0 Å². The SMILES string of the molecule is COC[C@H](C)Nc1nc(Cc2cc(C)ccn2)cc2cc[nH]c(=O)c12. The van der Waals surface area contributed by atoms with Crippen molar-refractivity contribution in [2.24, 2.45) is 0 Å². The van der Waals surface area contributed by atoms with E-state index in [1.54, 1.807) is 19.5 Å². The summed E-state index contributed by atoms with van der Waals surface area (Å²) in [7, 11) is 1.65. The minimum atomic E-state index is -0.155. The largest absolute Gasteiger partial charge is 0.383 e. The zero-order valence-electron chi connectivity index (χ0n) is 14.7. The third-order valence-corrected chi connectivity index (χ3v) is 3.94. The van der Waals surface area contributed by atoms with Crippen molar-refractivity contribution in [3.8, 4) is 0 Å². The van der Waals surface area contributed by atoms with Gasteiger partial charge in [0.15, 0.2) is 0 Å². The topological polar surface area (TPSA) is 79.9 Å². The minimum absolute atomic E-state index is 0.0349. The number of H-pyrrole nitrogens is 1. The van der Waals surface area contributed by atoms with E-state index < -0.39 is 0 Å². The average Bonchev–Trinajstić information content (AvgIpc) is 2.55. The maximum absolute atomic E-state index is 12.3. The van der Waals surface area contributed by atoms with Gasteiger partial charge in [0.1, 0.15) is 5.82 Å². The van der Waals surface area contributed by atoms with Gasteiger partial charge in [-0.25, -0.2) is 4.98 Å². The lowest BCUT2D eigenvalue weighted by molar-refractivity contribution is 0.190. The molecule has 0 amide bonds. The van der Waals surface area contributed by atoms with Crippen LogP contribution in [0.5, 0.6) is 0 Å². The molecule has 0 spiro atoms. The third kappa shape index (κ3) is 4.03. The number of nitrogens with one attached hydrogen (secondary N) is 2. The van der Waals surface area contributed by atoms with E-state index in [-0.39, 0.29) is 11.6 Å². The van der Waals surface area contributed by atoms with Gasteiger partial charge in [0.05, 0.1) is 12.0 Å². The molecular weight excluding hydrogens is 316 g/mol. The molecule has 0 aliphatic rings. The third-order valence-electron chi connectivity index (χ3n) is 3.94. The quantitative estimate of drug-likeness (QED) is 0.722. The van der Waals surface area contributed by atoms with Gasteiger partial charge in [-0.3, -0.25) is 9.78 Å². The van der Waals surface area contributed by atoms with Gasteiger partial charge in [0, 0.05) is 43.4 Å². The summed E-state index contributed by atoms with van der Waals surface area (Å²) in [6.07, 6.45) is 4.07. The number of hydrogen-bond acceptors (Lipinski definition) is 5. The van der Waals surface area contributed by atoms with Crippen molar-refractivity contribution in [2.45, 2.75) is 26.3 Å². The number of fused-ring (bicyclic) bond motifs is 1. The fourth-order valence-electron chi connectivity index (χ4n) is 2.87. The summed E-state index contributed by atoms with van der Waals surface area (Å²) in [5.74, 6) is 0.576. The Kier molecular flexibility index (Phi) is 5.09. The van der Waals surface area contributed by atoms with Gasteiger partial charge < -0.3 is 15.0 Å². The van der Waals surface area contributed by atoms with Crippen LogP contribution in [0.3, 0.4) is 0 Å². The molecule has 25 heavy (non-hydrogen) atoms. The fourth-order valence-corrected chi connectivity index (χ4v) is 2.87. The molecule has 0 aliphatic heterocycles. The van der Waals surface area contributed by atoms with Crippen LogP contribution in [0.4, 0.5) is 5.82 Å². The van der Waals surface area contributed by atoms with E-state index in [4.69, 9.17) is 4.74 Å². The first-order valence-corrected chi connectivity index (χ1v) is 8.25. The Bertz CT molecular complexity index is 936. The van der Waals surface area contributed by atoms with Crippen molar-refractivity contribution in [2.75, 3.05) is 19.0 Å². The molecule has 0 aliphatic carbocycles. The Morgan fingerprint density at radius 3 is 2.88 bits per heavy atom. The molecule has 6 nitrogen and oxygen atoms in total. The van der Waals surface area contributed by atoms with Gasteiger partial charge in [-0.05, 0) is 49.1 Å². The number of ether oxygens (including phenoxy) is 1. The first-order chi connectivity index (χ1) is 12.1. The zero-order valence-corrected chi connectivity index (χ0v) is 14.7. The predicted molar refractivity (Wildman–Crippen MR) is 99.1 cm³/mol. The number of pyridine rings is 3. The molecule has 6 heteroatoms. The number of methoxy groups -OCH3 is 1. The maximum atomic E-state index is 12.3. The molecule has 0 aromatic carbocycles. The van der Waals surface area contributed by atoms with Crippen LogP contribution in [0.1, 0.15) is 23.9 Å². The molecule has 0 unspecified atom stereocenters.